The lowest BCUT2D eigenvalue weighted by Crippen LogP contribution is -2.13. The molecule has 9 heteroatoms. The van der Waals surface area contributed by atoms with E-state index in [4.69, 9.17) is 0 Å². The Morgan fingerprint density at radius 3 is 2.68 bits per heavy atom. The number of hydrogen-bond acceptors (Lipinski definition) is 6. The fourth-order valence-electron chi connectivity index (χ4n) is 4.41. The van der Waals surface area contributed by atoms with E-state index in [9.17, 15) is 13.2 Å². The third-order valence-corrected chi connectivity index (χ3v) is 9.08. The quantitative estimate of drug-likeness (QED) is 0.220. The summed E-state index contributed by atoms with van der Waals surface area (Å²) in [6, 6.07) is 17.3. The number of carbonyl (C=O) groups is 1. The number of fused-ring (bicyclic) bond motifs is 1. The molecule has 1 aliphatic heterocycles. The van der Waals surface area contributed by atoms with Gasteiger partial charge in [0.15, 0.2) is 20.8 Å². The number of thioether (sulfide) groups is 1. The molecule has 7 nitrogen and oxygen atoms in total. The van der Waals surface area contributed by atoms with E-state index < -0.39 is 15.1 Å². The Morgan fingerprint density at radius 2 is 1.94 bits per heavy atom. The highest BCUT2D eigenvalue weighted by Crippen LogP contribution is 2.40. The molecule has 3 heterocycles. The molecule has 2 aromatic carbocycles. The maximum atomic E-state index is 13.8. The molecule has 4 aromatic rings. The van der Waals surface area contributed by atoms with Crippen LogP contribution in [0, 0.1) is 0 Å². The van der Waals surface area contributed by atoms with Crippen molar-refractivity contribution in [2.45, 2.75) is 29.3 Å². The van der Waals surface area contributed by atoms with Gasteiger partial charge in [-0.3, -0.25) is 4.79 Å². The monoisotopic (exact) mass is 492 g/mol. The number of Topliss-reactive ketones (excluding diaryl/α,β-unsaturated/α-hetero) is 1. The van der Waals surface area contributed by atoms with Gasteiger partial charge in [-0.15, -0.1) is 16.8 Å². The Balaban J connectivity index is 1.54. The predicted octanol–water partition coefficient (Wildman–Crippen LogP) is 4.56. The number of nitrogens with one attached hydrogen (secondary N) is 1. The Morgan fingerprint density at radius 1 is 1.18 bits per heavy atom. The van der Waals surface area contributed by atoms with Crippen molar-refractivity contribution in [3.05, 3.63) is 90.4 Å². The van der Waals surface area contributed by atoms with E-state index in [1.807, 2.05) is 59.2 Å². The van der Waals surface area contributed by atoms with Crippen LogP contribution in [0.2, 0.25) is 0 Å². The number of aromatic amines is 1. The summed E-state index contributed by atoms with van der Waals surface area (Å²) in [7, 11) is -3.07. The van der Waals surface area contributed by atoms with Crippen LogP contribution in [-0.4, -0.2) is 45.5 Å². The summed E-state index contributed by atoms with van der Waals surface area (Å²) in [4.78, 5) is 17.0. The van der Waals surface area contributed by atoms with Gasteiger partial charge in [-0.1, -0.05) is 66.4 Å². The summed E-state index contributed by atoms with van der Waals surface area (Å²) in [6.45, 7) is 4.28. The van der Waals surface area contributed by atoms with E-state index in [-0.39, 0.29) is 23.2 Å². The van der Waals surface area contributed by atoms with E-state index in [0.717, 1.165) is 16.5 Å². The molecule has 0 aliphatic carbocycles. The van der Waals surface area contributed by atoms with E-state index in [1.54, 1.807) is 12.3 Å². The number of para-hydroxylation sites is 1. The number of ketones is 1. The Bertz CT molecular complexity index is 1460. The molecule has 1 N–H and O–H groups in total. The lowest BCUT2D eigenvalue weighted by Gasteiger charge is -2.17. The van der Waals surface area contributed by atoms with Crippen molar-refractivity contribution in [1.29, 1.82) is 0 Å². The first-order valence-corrected chi connectivity index (χ1v) is 13.7. The third kappa shape index (κ3) is 4.33. The molecule has 1 saturated heterocycles. The second kappa shape index (κ2) is 9.23. The van der Waals surface area contributed by atoms with Crippen LogP contribution >= 0.6 is 11.8 Å². The van der Waals surface area contributed by atoms with Crippen LogP contribution in [0.4, 0.5) is 0 Å². The zero-order valence-electron chi connectivity index (χ0n) is 18.4. The molecular weight excluding hydrogens is 468 g/mol. The van der Waals surface area contributed by atoms with Crippen molar-refractivity contribution in [2.75, 3.05) is 11.5 Å². The molecule has 2 aromatic heterocycles. The number of rotatable bonds is 8. The second-order valence-electron chi connectivity index (χ2n) is 8.36. The van der Waals surface area contributed by atoms with Crippen LogP contribution in [0.5, 0.6) is 0 Å². The Labute approximate surface area is 202 Å². The van der Waals surface area contributed by atoms with Crippen molar-refractivity contribution in [2.24, 2.45) is 0 Å². The fraction of sp³-hybridized carbons (Fsp3) is 0.240. The van der Waals surface area contributed by atoms with Crippen molar-refractivity contribution >= 4 is 38.3 Å². The molecule has 174 valence electrons. The van der Waals surface area contributed by atoms with E-state index in [0.29, 0.717) is 29.5 Å². The van der Waals surface area contributed by atoms with Gasteiger partial charge in [0.25, 0.3) is 0 Å². The average Bonchev–Trinajstić information content (AvgIpc) is 3.54. The van der Waals surface area contributed by atoms with Crippen LogP contribution < -0.4 is 0 Å². The Hall–Kier alpha value is -3.17. The first-order valence-electron chi connectivity index (χ1n) is 11.0. The molecule has 0 saturated carbocycles. The normalized spacial score (nSPS) is 18.2. The average molecular weight is 493 g/mol. The summed E-state index contributed by atoms with van der Waals surface area (Å²) in [5, 5.41) is 9.65. The van der Waals surface area contributed by atoms with Gasteiger partial charge in [0.05, 0.1) is 11.5 Å². The van der Waals surface area contributed by atoms with Gasteiger partial charge >= 0.3 is 0 Å². The number of benzene rings is 2. The molecule has 0 radical (unpaired) electrons. The Kier molecular flexibility index (Phi) is 6.14. The third-order valence-electron chi connectivity index (χ3n) is 6.07. The second-order valence-corrected chi connectivity index (χ2v) is 11.7. The molecule has 2 unspecified atom stereocenters. The summed E-state index contributed by atoms with van der Waals surface area (Å²) in [6.07, 6.45) is 4.02. The van der Waals surface area contributed by atoms with Crippen LogP contribution in [0.25, 0.3) is 10.9 Å². The summed E-state index contributed by atoms with van der Waals surface area (Å²) in [5.74, 6) is 0.628. The number of aromatic nitrogens is 4. The molecule has 0 spiro atoms. The zero-order chi connectivity index (χ0) is 23.7. The number of sulfone groups is 1. The van der Waals surface area contributed by atoms with Crippen LogP contribution in [0.1, 0.15) is 39.3 Å². The van der Waals surface area contributed by atoms with Crippen molar-refractivity contribution in [1.82, 2.24) is 19.7 Å². The first kappa shape index (κ1) is 22.6. The molecular formula is C25H24N4O3S2. The van der Waals surface area contributed by atoms with Crippen LogP contribution in [0.15, 0.2) is 78.6 Å². The smallest absolute Gasteiger partial charge is 0.192 e. The fourth-order valence-corrected chi connectivity index (χ4v) is 7.27. The lowest BCUT2D eigenvalue weighted by molar-refractivity contribution is 0.0991. The molecule has 0 bridgehead atoms. The molecule has 2 atom stereocenters. The van der Waals surface area contributed by atoms with E-state index in [1.165, 1.54) is 11.8 Å². The number of nitrogens with zero attached hydrogens (tertiary/aromatic N) is 3. The SMILES string of the molecule is C=CCn1c(SC(C(=O)c2c[nH]c3ccccc23)c2ccccc2)nnc1C1CCS(=O)(=O)C1. The predicted molar refractivity (Wildman–Crippen MR) is 134 cm³/mol. The van der Waals surface area contributed by atoms with Gasteiger partial charge in [0, 0.05) is 35.1 Å². The standard InChI is InChI=1S/C25H24N4O3S2/c1-2-13-29-24(18-12-14-34(31,32)16-18)27-28-25(29)33-23(17-8-4-3-5-9-17)22(30)20-15-26-21-11-7-6-10-19(20)21/h2-11,15,18,23,26H,1,12-14,16H2. The molecule has 5 rings (SSSR count). The van der Waals surface area contributed by atoms with Gasteiger partial charge in [-0.05, 0) is 18.1 Å². The number of carbonyl (C=O) groups excluding carboxylic acids is 1. The van der Waals surface area contributed by atoms with E-state index in [2.05, 4.69) is 21.8 Å². The maximum Gasteiger partial charge on any atom is 0.192 e. The lowest BCUT2D eigenvalue weighted by atomic mass is 10.0. The van der Waals surface area contributed by atoms with Gasteiger partial charge in [0.2, 0.25) is 0 Å². The maximum absolute atomic E-state index is 13.8. The summed E-state index contributed by atoms with van der Waals surface area (Å²) in [5.41, 5.74) is 2.39. The molecule has 1 aliphatic rings. The molecule has 0 amide bonds. The molecule has 1 fully saturated rings. The summed E-state index contributed by atoms with van der Waals surface area (Å²) >= 11 is 1.33. The minimum atomic E-state index is -3.07. The van der Waals surface area contributed by atoms with E-state index >= 15 is 0 Å². The number of hydrogen-bond donors (Lipinski definition) is 1. The van der Waals surface area contributed by atoms with Crippen molar-refractivity contribution in [3.8, 4) is 0 Å². The topological polar surface area (TPSA) is 97.7 Å². The number of H-pyrrole nitrogens is 1. The van der Waals surface area contributed by atoms with Crippen molar-refractivity contribution in [3.63, 3.8) is 0 Å². The highest BCUT2D eigenvalue weighted by molar-refractivity contribution is 8.00. The number of allylic oxidation sites excluding steroid dienone is 1. The van der Waals surface area contributed by atoms with Gasteiger partial charge < -0.3 is 9.55 Å². The van der Waals surface area contributed by atoms with Gasteiger partial charge in [-0.25, -0.2) is 8.42 Å². The highest BCUT2D eigenvalue weighted by atomic mass is 32.2. The first-order chi connectivity index (χ1) is 16.5. The van der Waals surface area contributed by atoms with Crippen molar-refractivity contribution < 1.29 is 13.2 Å². The zero-order valence-corrected chi connectivity index (χ0v) is 20.1. The largest absolute Gasteiger partial charge is 0.360 e. The van der Waals surface area contributed by atoms with Gasteiger partial charge in [0.1, 0.15) is 11.1 Å². The minimum absolute atomic E-state index is 0.0354. The highest BCUT2D eigenvalue weighted by Gasteiger charge is 2.34. The van der Waals surface area contributed by atoms with Gasteiger partial charge in [-0.2, -0.15) is 0 Å². The minimum Gasteiger partial charge on any atom is -0.360 e. The molecule has 34 heavy (non-hydrogen) atoms. The summed E-state index contributed by atoms with van der Waals surface area (Å²) < 4.78 is 26.0. The van der Waals surface area contributed by atoms with Crippen LogP contribution in [0.3, 0.4) is 0 Å². The van der Waals surface area contributed by atoms with Crippen LogP contribution in [-0.2, 0) is 16.4 Å².